The summed E-state index contributed by atoms with van der Waals surface area (Å²) in [6.45, 7) is 8.16. The van der Waals surface area contributed by atoms with Crippen molar-refractivity contribution in [1.82, 2.24) is 4.90 Å². The number of carbonyl (C=O) groups excluding carboxylic acids is 1. The molecule has 2 rings (SSSR count). The lowest BCUT2D eigenvalue weighted by Gasteiger charge is -2.29. The van der Waals surface area contributed by atoms with Crippen LogP contribution >= 0.6 is 11.3 Å². The molecular formula is C13H19NO2S. The van der Waals surface area contributed by atoms with Gasteiger partial charge in [0.1, 0.15) is 0 Å². The van der Waals surface area contributed by atoms with Gasteiger partial charge in [-0.2, -0.15) is 0 Å². The molecule has 0 saturated heterocycles. The van der Waals surface area contributed by atoms with Gasteiger partial charge in [-0.1, -0.05) is 13.8 Å². The minimum atomic E-state index is -0.185. The Balaban J connectivity index is 2.20. The first-order valence-corrected chi connectivity index (χ1v) is 6.91. The van der Waals surface area contributed by atoms with E-state index in [4.69, 9.17) is 4.74 Å². The van der Waals surface area contributed by atoms with E-state index < -0.39 is 0 Å². The fourth-order valence-electron chi connectivity index (χ4n) is 2.39. The highest BCUT2D eigenvalue weighted by Gasteiger charge is 2.32. The quantitative estimate of drug-likeness (QED) is 0.770. The van der Waals surface area contributed by atoms with Gasteiger partial charge in [-0.15, -0.1) is 11.3 Å². The number of rotatable bonds is 1. The van der Waals surface area contributed by atoms with Crippen LogP contribution in [-0.2, 0) is 16.6 Å². The third kappa shape index (κ3) is 2.46. The molecule has 0 aromatic carbocycles. The van der Waals surface area contributed by atoms with Gasteiger partial charge in [0.2, 0.25) is 0 Å². The van der Waals surface area contributed by atoms with Crippen LogP contribution in [0.15, 0.2) is 11.4 Å². The normalized spacial score (nSPS) is 18.4. The van der Waals surface area contributed by atoms with Gasteiger partial charge in [-0.25, -0.2) is 4.79 Å². The second-order valence-electron chi connectivity index (χ2n) is 5.01. The zero-order chi connectivity index (χ0) is 12.5. The molecule has 0 aliphatic carbocycles. The predicted molar refractivity (Wildman–Crippen MR) is 69.6 cm³/mol. The SMILES string of the molecule is CCOC(=O)N1CCc2sccc2C(C)(C)C1. The molecule has 0 fully saturated rings. The number of hydrogen-bond donors (Lipinski definition) is 0. The van der Waals surface area contributed by atoms with Crippen molar-refractivity contribution in [2.24, 2.45) is 0 Å². The zero-order valence-electron chi connectivity index (χ0n) is 10.7. The van der Waals surface area contributed by atoms with Gasteiger partial charge in [0, 0.05) is 23.4 Å². The summed E-state index contributed by atoms with van der Waals surface area (Å²) in [6.07, 6.45) is 0.755. The highest BCUT2D eigenvalue weighted by atomic mass is 32.1. The van der Waals surface area contributed by atoms with Crippen LogP contribution in [0.2, 0.25) is 0 Å². The number of thiophene rings is 1. The number of hydrogen-bond acceptors (Lipinski definition) is 3. The molecule has 0 unspecified atom stereocenters. The van der Waals surface area contributed by atoms with E-state index in [0.29, 0.717) is 6.61 Å². The van der Waals surface area contributed by atoms with Gasteiger partial charge in [0.15, 0.2) is 0 Å². The predicted octanol–water partition coefficient (Wildman–Crippen LogP) is 3.04. The molecule has 17 heavy (non-hydrogen) atoms. The summed E-state index contributed by atoms with van der Waals surface area (Å²) < 4.78 is 5.10. The highest BCUT2D eigenvalue weighted by molar-refractivity contribution is 7.10. The Morgan fingerprint density at radius 1 is 1.59 bits per heavy atom. The Bertz CT molecular complexity index is 411. The van der Waals surface area contributed by atoms with Crippen LogP contribution in [0.4, 0.5) is 4.79 Å². The Morgan fingerprint density at radius 2 is 2.35 bits per heavy atom. The topological polar surface area (TPSA) is 29.5 Å². The third-order valence-corrected chi connectivity index (χ3v) is 4.18. The van der Waals surface area contributed by atoms with E-state index in [1.807, 2.05) is 11.8 Å². The first kappa shape index (κ1) is 12.4. The maximum absolute atomic E-state index is 11.8. The maximum atomic E-state index is 11.8. The number of carbonyl (C=O) groups is 1. The fourth-order valence-corrected chi connectivity index (χ4v) is 3.43. The van der Waals surface area contributed by atoms with Gasteiger partial charge in [-0.3, -0.25) is 0 Å². The first-order chi connectivity index (χ1) is 8.04. The van der Waals surface area contributed by atoms with Crippen molar-refractivity contribution in [2.75, 3.05) is 19.7 Å². The summed E-state index contributed by atoms with van der Waals surface area (Å²) in [4.78, 5) is 15.1. The molecule has 4 heteroatoms. The van der Waals surface area contributed by atoms with Gasteiger partial charge >= 0.3 is 6.09 Å². The lowest BCUT2D eigenvalue weighted by molar-refractivity contribution is 0.101. The second kappa shape index (κ2) is 4.69. The summed E-state index contributed by atoms with van der Waals surface area (Å²) in [5.41, 5.74) is 1.40. The van der Waals surface area contributed by atoms with Crippen molar-refractivity contribution < 1.29 is 9.53 Å². The van der Waals surface area contributed by atoms with E-state index in [1.165, 1.54) is 10.4 Å². The largest absolute Gasteiger partial charge is 0.450 e. The molecule has 0 saturated carbocycles. The van der Waals surface area contributed by atoms with Crippen LogP contribution in [0, 0.1) is 0 Å². The third-order valence-electron chi connectivity index (χ3n) is 3.20. The molecule has 1 aliphatic heterocycles. The fraction of sp³-hybridized carbons (Fsp3) is 0.615. The summed E-state index contributed by atoms with van der Waals surface area (Å²) in [5.74, 6) is 0. The van der Waals surface area contributed by atoms with Crippen molar-refractivity contribution in [3.63, 3.8) is 0 Å². The van der Waals surface area contributed by atoms with Crippen molar-refractivity contribution in [3.05, 3.63) is 21.9 Å². The summed E-state index contributed by atoms with van der Waals surface area (Å²) in [5, 5.41) is 2.15. The zero-order valence-corrected chi connectivity index (χ0v) is 11.5. The van der Waals surface area contributed by atoms with E-state index in [9.17, 15) is 4.79 Å². The van der Waals surface area contributed by atoms with E-state index in [0.717, 1.165) is 19.5 Å². The Morgan fingerprint density at radius 3 is 3.06 bits per heavy atom. The van der Waals surface area contributed by atoms with E-state index in [1.54, 1.807) is 11.3 Å². The van der Waals surface area contributed by atoms with Crippen LogP contribution in [0.5, 0.6) is 0 Å². The smallest absolute Gasteiger partial charge is 0.409 e. The number of nitrogens with zero attached hydrogens (tertiary/aromatic N) is 1. The molecule has 0 bridgehead atoms. The minimum Gasteiger partial charge on any atom is -0.450 e. The van der Waals surface area contributed by atoms with Crippen molar-refractivity contribution in [3.8, 4) is 0 Å². The van der Waals surface area contributed by atoms with E-state index in [2.05, 4.69) is 25.3 Å². The average Bonchev–Trinajstić information content (AvgIpc) is 2.69. The molecule has 0 spiro atoms. The van der Waals surface area contributed by atoms with Gasteiger partial charge in [0.05, 0.1) is 6.61 Å². The summed E-state index contributed by atoms with van der Waals surface area (Å²) in [6, 6.07) is 2.19. The summed E-state index contributed by atoms with van der Waals surface area (Å²) in [7, 11) is 0. The van der Waals surface area contributed by atoms with Gasteiger partial charge in [-0.05, 0) is 30.4 Å². The van der Waals surface area contributed by atoms with Gasteiger partial charge in [0.25, 0.3) is 0 Å². The van der Waals surface area contributed by atoms with Crippen LogP contribution in [0.1, 0.15) is 31.2 Å². The molecule has 1 amide bonds. The molecule has 2 heterocycles. The van der Waals surface area contributed by atoms with Crippen LogP contribution < -0.4 is 0 Å². The van der Waals surface area contributed by atoms with Gasteiger partial charge < -0.3 is 9.64 Å². The number of fused-ring (bicyclic) bond motifs is 1. The number of ether oxygens (including phenoxy) is 1. The Kier molecular flexibility index (Phi) is 3.43. The van der Waals surface area contributed by atoms with E-state index in [-0.39, 0.29) is 11.5 Å². The molecule has 1 aromatic rings. The second-order valence-corrected chi connectivity index (χ2v) is 6.01. The molecular weight excluding hydrogens is 234 g/mol. The van der Waals surface area contributed by atoms with Crippen molar-refractivity contribution in [1.29, 1.82) is 0 Å². The Hall–Kier alpha value is -1.03. The molecule has 0 atom stereocenters. The number of amides is 1. The van der Waals surface area contributed by atoms with Crippen molar-refractivity contribution in [2.45, 2.75) is 32.6 Å². The Labute approximate surface area is 106 Å². The monoisotopic (exact) mass is 253 g/mol. The standard InChI is InChI=1S/C13H19NO2S/c1-4-16-12(15)14-7-5-11-10(6-8-17-11)13(2,3)9-14/h6,8H,4-5,7,9H2,1-3H3. The van der Waals surface area contributed by atoms with Crippen LogP contribution in [-0.4, -0.2) is 30.7 Å². The van der Waals surface area contributed by atoms with E-state index >= 15 is 0 Å². The summed E-state index contributed by atoms with van der Waals surface area (Å²) >= 11 is 1.79. The minimum absolute atomic E-state index is 0.0125. The van der Waals surface area contributed by atoms with Crippen molar-refractivity contribution >= 4 is 17.4 Å². The highest BCUT2D eigenvalue weighted by Crippen LogP contribution is 2.34. The molecule has 94 valence electrons. The average molecular weight is 253 g/mol. The van der Waals surface area contributed by atoms with Crippen LogP contribution in [0.3, 0.4) is 0 Å². The molecule has 1 aliphatic rings. The lowest BCUT2D eigenvalue weighted by Crippen LogP contribution is -2.40. The molecule has 1 aromatic heterocycles. The molecule has 3 nitrogen and oxygen atoms in total. The molecule has 0 N–H and O–H groups in total. The van der Waals surface area contributed by atoms with Crippen LogP contribution in [0.25, 0.3) is 0 Å². The first-order valence-electron chi connectivity index (χ1n) is 6.03. The molecule has 0 radical (unpaired) electrons. The lowest BCUT2D eigenvalue weighted by atomic mass is 9.85. The maximum Gasteiger partial charge on any atom is 0.409 e.